The molecule has 1 aromatic rings. The molecule has 1 saturated carbocycles. The number of hydrogen-bond donors (Lipinski definition) is 1. The predicted molar refractivity (Wildman–Crippen MR) is 67.4 cm³/mol. The molecular formula is C10H15N3O3S2. The Morgan fingerprint density at radius 1 is 1.39 bits per heavy atom. The standard InChI is InChI=1S/C10H15N3O3S2/c1-2-11-8(14)9-12-13-10(17-9)18(15,16)7-5-3-4-6-7/h7H,2-6H2,1H3,(H,11,14). The fourth-order valence-electron chi connectivity index (χ4n) is 1.99. The smallest absolute Gasteiger partial charge is 0.282 e. The summed E-state index contributed by atoms with van der Waals surface area (Å²) in [4.78, 5) is 11.5. The Kier molecular flexibility index (Phi) is 3.96. The first kappa shape index (κ1) is 13.4. The lowest BCUT2D eigenvalue weighted by molar-refractivity contribution is 0.0954. The van der Waals surface area contributed by atoms with Crippen LogP contribution >= 0.6 is 11.3 Å². The lowest BCUT2D eigenvalue weighted by atomic mass is 10.4. The zero-order valence-electron chi connectivity index (χ0n) is 10.0. The van der Waals surface area contributed by atoms with Crippen LogP contribution in [0.25, 0.3) is 0 Å². The van der Waals surface area contributed by atoms with Crippen molar-refractivity contribution >= 4 is 27.1 Å². The SMILES string of the molecule is CCNC(=O)c1nnc(S(=O)(=O)C2CCCC2)s1. The number of nitrogens with zero attached hydrogens (tertiary/aromatic N) is 2. The fourth-order valence-corrected chi connectivity index (χ4v) is 4.99. The summed E-state index contributed by atoms with van der Waals surface area (Å²) in [6, 6.07) is 0. The molecule has 18 heavy (non-hydrogen) atoms. The maximum atomic E-state index is 12.2. The van der Waals surface area contributed by atoms with Crippen LogP contribution in [-0.4, -0.2) is 36.3 Å². The second kappa shape index (κ2) is 5.31. The van der Waals surface area contributed by atoms with Crippen molar-refractivity contribution in [3.05, 3.63) is 5.01 Å². The number of rotatable bonds is 4. The van der Waals surface area contributed by atoms with E-state index in [1.54, 1.807) is 6.92 Å². The van der Waals surface area contributed by atoms with E-state index in [0.717, 1.165) is 24.2 Å². The molecule has 1 heterocycles. The third-order valence-corrected chi connectivity index (χ3v) is 6.50. The first-order chi connectivity index (χ1) is 8.55. The van der Waals surface area contributed by atoms with E-state index in [0.29, 0.717) is 19.4 Å². The predicted octanol–water partition coefficient (Wildman–Crippen LogP) is 1.00. The second-order valence-corrected chi connectivity index (χ2v) is 7.56. The van der Waals surface area contributed by atoms with Crippen LogP contribution in [0.1, 0.15) is 42.4 Å². The van der Waals surface area contributed by atoms with Crippen LogP contribution in [0.15, 0.2) is 4.34 Å². The van der Waals surface area contributed by atoms with Crippen molar-refractivity contribution in [1.29, 1.82) is 0 Å². The molecule has 100 valence electrons. The van der Waals surface area contributed by atoms with Crippen LogP contribution < -0.4 is 5.32 Å². The van der Waals surface area contributed by atoms with Crippen molar-refractivity contribution in [1.82, 2.24) is 15.5 Å². The monoisotopic (exact) mass is 289 g/mol. The molecular weight excluding hydrogens is 274 g/mol. The molecule has 6 nitrogen and oxygen atoms in total. The molecule has 0 atom stereocenters. The molecule has 0 bridgehead atoms. The van der Waals surface area contributed by atoms with Gasteiger partial charge in [-0.25, -0.2) is 8.42 Å². The average molecular weight is 289 g/mol. The van der Waals surface area contributed by atoms with Crippen molar-refractivity contribution in [2.24, 2.45) is 0 Å². The van der Waals surface area contributed by atoms with Gasteiger partial charge in [0.25, 0.3) is 5.91 Å². The zero-order valence-corrected chi connectivity index (χ0v) is 11.7. The molecule has 1 N–H and O–H groups in total. The molecule has 1 aromatic heterocycles. The number of hydrogen-bond acceptors (Lipinski definition) is 6. The number of amides is 1. The van der Waals surface area contributed by atoms with E-state index in [4.69, 9.17) is 0 Å². The van der Waals surface area contributed by atoms with Crippen LogP contribution in [0.5, 0.6) is 0 Å². The molecule has 0 aromatic carbocycles. The Labute approximate surface area is 110 Å². The third kappa shape index (κ3) is 2.54. The minimum atomic E-state index is -3.40. The molecule has 0 spiro atoms. The molecule has 2 rings (SSSR count). The summed E-state index contributed by atoms with van der Waals surface area (Å²) in [6.07, 6.45) is 3.23. The van der Waals surface area contributed by atoms with Gasteiger partial charge in [0.1, 0.15) is 0 Å². The molecule has 1 aliphatic rings. The Hall–Kier alpha value is -1.02. The van der Waals surface area contributed by atoms with E-state index in [2.05, 4.69) is 15.5 Å². The Bertz CT molecular complexity index is 532. The summed E-state index contributed by atoms with van der Waals surface area (Å²) in [5.74, 6) is -0.372. The van der Waals surface area contributed by atoms with Crippen LogP contribution in [0, 0.1) is 0 Å². The van der Waals surface area contributed by atoms with E-state index in [9.17, 15) is 13.2 Å². The van der Waals surface area contributed by atoms with Gasteiger partial charge in [-0.1, -0.05) is 24.2 Å². The molecule has 8 heteroatoms. The summed E-state index contributed by atoms with van der Waals surface area (Å²) < 4.78 is 24.4. The van der Waals surface area contributed by atoms with Crippen molar-refractivity contribution < 1.29 is 13.2 Å². The van der Waals surface area contributed by atoms with Gasteiger partial charge < -0.3 is 5.32 Å². The first-order valence-corrected chi connectivity index (χ1v) is 8.27. The number of carbonyl (C=O) groups excluding carboxylic acids is 1. The maximum Gasteiger partial charge on any atom is 0.282 e. The van der Waals surface area contributed by atoms with Gasteiger partial charge >= 0.3 is 0 Å². The van der Waals surface area contributed by atoms with Gasteiger partial charge in [-0.05, 0) is 19.8 Å². The van der Waals surface area contributed by atoms with Crippen LogP contribution in [0.4, 0.5) is 0 Å². The highest BCUT2D eigenvalue weighted by Gasteiger charge is 2.33. The zero-order chi connectivity index (χ0) is 13.2. The minimum absolute atomic E-state index is 0.0318. The second-order valence-electron chi connectivity index (χ2n) is 4.18. The van der Waals surface area contributed by atoms with E-state index in [-0.39, 0.29) is 20.5 Å². The van der Waals surface area contributed by atoms with Crippen molar-refractivity contribution in [3.8, 4) is 0 Å². The van der Waals surface area contributed by atoms with Gasteiger partial charge in [-0.2, -0.15) is 0 Å². The number of aromatic nitrogens is 2. The molecule has 1 amide bonds. The van der Waals surface area contributed by atoms with Crippen molar-refractivity contribution in [3.63, 3.8) is 0 Å². The van der Waals surface area contributed by atoms with Crippen molar-refractivity contribution in [2.75, 3.05) is 6.54 Å². The molecule has 0 aliphatic heterocycles. The van der Waals surface area contributed by atoms with Gasteiger partial charge in [0.15, 0.2) is 0 Å². The number of sulfone groups is 1. The van der Waals surface area contributed by atoms with Gasteiger partial charge in [0.05, 0.1) is 5.25 Å². The Morgan fingerprint density at radius 2 is 2.06 bits per heavy atom. The van der Waals surface area contributed by atoms with Crippen LogP contribution in [0.2, 0.25) is 0 Å². The summed E-state index contributed by atoms with van der Waals surface area (Å²) in [7, 11) is -3.40. The summed E-state index contributed by atoms with van der Waals surface area (Å²) in [5.41, 5.74) is 0. The van der Waals surface area contributed by atoms with E-state index in [1.165, 1.54) is 0 Å². The highest BCUT2D eigenvalue weighted by Crippen LogP contribution is 2.30. The first-order valence-electron chi connectivity index (χ1n) is 5.91. The molecule has 1 aliphatic carbocycles. The summed E-state index contributed by atoms with van der Waals surface area (Å²) >= 11 is 0.852. The quantitative estimate of drug-likeness (QED) is 0.893. The number of carbonyl (C=O) groups is 1. The minimum Gasteiger partial charge on any atom is -0.350 e. The fraction of sp³-hybridized carbons (Fsp3) is 0.700. The maximum absolute atomic E-state index is 12.2. The summed E-state index contributed by atoms with van der Waals surface area (Å²) in [5, 5.41) is 9.63. The lowest BCUT2D eigenvalue weighted by Gasteiger charge is -2.06. The van der Waals surface area contributed by atoms with Gasteiger partial charge in [0, 0.05) is 6.54 Å². The topological polar surface area (TPSA) is 89.0 Å². The summed E-state index contributed by atoms with van der Waals surface area (Å²) in [6.45, 7) is 2.26. The van der Waals surface area contributed by atoms with Crippen molar-refractivity contribution in [2.45, 2.75) is 42.2 Å². The average Bonchev–Trinajstić information content (AvgIpc) is 3.01. The van der Waals surface area contributed by atoms with Gasteiger partial charge in [-0.3, -0.25) is 4.79 Å². The molecule has 0 unspecified atom stereocenters. The van der Waals surface area contributed by atoms with Crippen LogP contribution in [-0.2, 0) is 9.84 Å². The van der Waals surface area contributed by atoms with E-state index < -0.39 is 9.84 Å². The highest BCUT2D eigenvalue weighted by molar-refractivity contribution is 7.93. The normalized spacial score (nSPS) is 16.9. The largest absolute Gasteiger partial charge is 0.350 e. The Morgan fingerprint density at radius 3 is 2.67 bits per heavy atom. The van der Waals surface area contributed by atoms with E-state index in [1.807, 2.05) is 0 Å². The highest BCUT2D eigenvalue weighted by atomic mass is 32.2. The molecule has 1 fully saturated rings. The van der Waals surface area contributed by atoms with Gasteiger partial charge in [-0.15, -0.1) is 10.2 Å². The number of nitrogens with one attached hydrogen (secondary N) is 1. The Balaban J connectivity index is 2.21. The molecule has 0 saturated heterocycles. The van der Waals surface area contributed by atoms with Gasteiger partial charge in [0.2, 0.25) is 19.2 Å². The molecule has 0 radical (unpaired) electrons. The van der Waals surface area contributed by atoms with E-state index >= 15 is 0 Å². The third-order valence-electron chi connectivity index (χ3n) is 2.92. The van der Waals surface area contributed by atoms with Crippen LogP contribution in [0.3, 0.4) is 0 Å². The lowest BCUT2D eigenvalue weighted by Crippen LogP contribution is -2.22.